The van der Waals surface area contributed by atoms with Crippen LogP contribution in [0.1, 0.15) is 30.1 Å². The second kappa shape index (κ2) is 8.63. The average Bonchev–Trinajstić information content (AvgIpc) is 3.22. The molecule has 0 aliphatic carbocycles. The van der Waals surface area contributed by atoms with Crippen LogP contribution in [0.3, 0.4) is 0 Å². The summed E-state index contributed by atoms with van der Waals surface area (Å²) in [6.45, 7) is 2.87. The van der Waals surface area contributed by atoms with Gasteiger partial charge in [-0.05, 0) is 31.0 Å². The van der Waals surface area contributed by atoms with Gasteiger partial charge in [-0.3, -0.25) is 9.59 Å². The van der Waals surface area contributed by atoms with Crippen LogP contribution in [-0.4, -0.2) is 65.0 Å². The van der Waals surface area contributed by atoms with E-state index in [1.54, 1.807) is 44.5 Å². The van der Waals surface area contributed by atoms with Gasteiger partial charge in [0.05, 0.1) is 31.7 Å². The van der Waals surface area contributed by atoms with Gasteiger partial charge in [0.1, 0.15) is 5.52 Å². The molecule has 0 spiro atoms. The summed E-state index contributed by atoms with van der Waals surface area (Å²) in [6.07, 6.45) is 4.74. The minimum atomic E-state index is -0.203. The second-order valence-corrected chi connectivity index (χ2v) is 7.48. The van der Waals surface area contributed by atoms with Crippen molar-refractivity contribution in [2.75, 3.05) is 27.3 Å². The van der Waals surface area contributed by atoms with E-state index in [0.29, 0.717) is 47.0 Å². The Morgan fingerprint density at radius 3 is 2.58 bits per heavy atom. The van der Waals surface area contributed by atoms with E-state index < -0.39 is 0 Å². The van der Waals surface area contributed by atoms with Crippen LogP contribution >= 0.6 is 0 Å². The first kappa shape index (κ1) is 20.6. The number of hydrogen-bond donors (Lipinski definition) is 2. The molecular formula is C22H25N5O4. The fraction of sp³-hybridized carbons (Fsp3) is 0.364. The maximum absolute atomic E-state index is 12.9. The SMILES string of the molecule is COc1ccc(-c2cnc3[nH]cc(C(=O)NC4CCN(C(C)=O)CC4)c3n2)cc1OC. The number of aromatic amines is 1. The average molecular weight is 423 g/mol. The minimum absolute atomic E-state index is 0.0232. The number of rotatable bonds is 5. The number of ether oxygens (including phenoxy) is 2. The number of nitrogens with one attached hydrogen (secondary N) is 2. The van der Waals surface area contributed by atoms with Crippen LogP contribution in [0.25, 0.3) is 22.4 Å². The molecule has 1 aromatic carbocycles. The molecule has 0 radical (unpaired) electrons. The van der Waals surface area contributed by atoms with Crippen molar-refractivity contribution in [1.82, 2.24) is 25.2 Å². The van der Waals surface area contributed by atoms with E-state index in [4.69, 9.17) is 9.47 Å². The summed E-state index contributed by atoms with van der Waals surface area (Å²) in [4.78, 5) is 38.3. The molecule has 0 bridgehead atoms. The molecule has 1 saturated heterocycles. The molecule has 0 unspecified atom stereocenters. The zero-order chi connectivity index (χ0) is 22.0. The lowest BCUT2D eigenvalue weighted by Gasteiger charge is -2.31. The Bertz CT molecular complexity index is 1120. The number of benzene rings is 1. The summed E-state index contributed by atoms with van der Waals surface area (Å²) in [5, 5.41) is 3.06. The van der Waals surface area contributed by atoms with Crippen LogP contribution in [0.15, 0.2) is 30.6 Å². The van der Waals surface area contributed by atoms with E-state index in [9.17, 15) is 9.59 Å². The third-order valence-electron chi connectivity index (χ3n) is 5.58. The van der Waals surface area contributed by atoms with Crippen LogP contribution in [0, 0.1) is 0 Å². The molecule has 2 N–H and O–H groups in total. The lowest BCUT2D eigenvalue weighted by Crippen LogP contribution is -2.45. The summed E-state index contributed by atoms with van der Waals surface area (Å²) in [6, 6.07) is 5.52. The fourth-order valence-electron chi connectivity index (χ4n) is 3.80. The number of amides is 2. The van der Waals surface area contributed by atoms with Crippen molar-refractivity contribution >= 4 is 23.0 Å². The molecule has 1 aliphatic heterocycles. The molecule has 1 fully saturated rings. The van der Waals surface area contributed by atoms with E-state index in [-0.39, 0.29) is 17.9 Å². The van der Waals surface area contributed by atoms with Crippen molar-refractivity contribution in [2.24, 2.45) is 0 Å². The molecule has 2 aromatic heterocycles. The van der Waals surface area contributed by atoms with E-state index in [0.717, 1.165) is 18.4 Å². The van der Waals surface area contributed by atoms with Gasteiger partial charge >= 0.3 is 0 Å². The Hall–Kier alpha value is -3.62. The summed E-state index contributed by atoms with van der Waals surface area (Å²) < 4.78 is 10.7. The third kappa shape index (κ3) is 4.16. The normalized spacial score (nSPS) is 14.5. The topological polar surface area (TPSA) is 109 Å². The molecule has 2 amide bonds. The molecule has 0 atom stereocenters. The van der Waals surface area contributed by atoms with Gasteiger partial charge in [-0.2, -0.15) is 0 Å². The molecule has 4 rings (SSSR count). The van der Waals surface area contributed by atoms with E-state index in [1.807, 2.05) is 12.1 Å². The van der Waals surface area contributed by atoms with Crippen LogP contribution in [0.2, 0.25) is 0 Å². The minimum Gasteiger partial charge on any atom is -0.493 e. The number of piperidine rings is 1. The molecule has 31 heavy (non-hydrogen) atoms. The monoisotopic (exact) mass is 423 g/mol. The molecule has 9 nitrogen and oxygen atoms in total. The number of hydrogen-bond acceptors (Lipinski definition) is 6. The predicted molar refractivity (Wildman–Crippen MR) is 115 cm³/mol. The van der Waals surface area contributed by atoms with Crippen molar-refractivity contribution in [1.29, 1.82) is 0 Å². The molecule has 162 valence electrons. The van der Waals surface area contributed by atoms with Gasteiger partial charge in [0, 0.05) is 37.8 Å². The Labute approximate surface area is 179 Å². The van der Waals surface area contributed by atoms with Crippen LogP contribution < -0.4 is 14.8 Å². The maximum Gasteiger partial charge on any atom is 0.255 e. The predicted octanol–water partition coefficient (Wildman–Crippen LogP) is 2.38. The summed E-state index contributed by atoms with van der Waals surface area (Å²) in [5.41, 5.74) is 2.92. The first-order valence-electron chi connectivity index (χ1n) is 10.1. The highest BCUT2D eigenvalue weighted by atomic mass is 16.5. The Morgan fingerprint density at radius 1 is 1.16 bits per heavy atom. The standard InChI is InChI=1S/C22H25N5O4/c1-13(28)27-8-6-15(7-9-27)25-22(29)16-11-23-21-20(16)26-17(12-24-21)14-4-5-18(30-2)19(10-14)31-3/h4-5,10-12,15H,6-9H2,1-3H3,(H,23,24)(H,25,29). The first-order chi connectivity index (χ1) is 15.0. The molecule has 9 heteroatoms. The number of nitrogens with zero attached hydrogens (tertiary/aromatic N) is 3. The number of H-pyrrole nitrogens is 1. The third-order valence-corrected chi connectivity index (χ3v) is 5.58. The lowest BCUT2D eigenvalue weighted by atomic mass is 10.0. The largest absolute Gasteiger partial charge is 0.493 e. The highest BCUT2D eigenvalue weighted by Crippen LogP contribution is 2.32. The molecule has 1 aliphatic rings. The molecule has 3 aromatic rings. The number of carbonyl (C=O) groups is 2. The maximum atomic E-state index is 12.9. The smallest absolute Gasteiger partial charge is 0.255 e. The van der Waals surface area contributed by atoms with Gasteiger partial charge in [-0.15, -0.1) is 0 Å². The molecule has 3 heterocycles. The van der Waals surface area contributed by atoms with Gasteiger partial charge in [0.15, 0.2) is 17.1 Å². The van der Waals surface area contributed by atoms with Gasteiger partial charge in [-0.1, -0.05) is 0 Å². The van der Waals surface area contributed by atoms with Gasteiger partial charge in [0.2, 0.25) is 5.91 Å². The highest BCUT2D eigenvalue weighted by molar-refractivity contribution is 6.04. The van der Waals surface area contributed by atoms with Crippen LogP contribution in [-0.2, 0) is 4.79 Å². The molecular weight excluding hydrogens is 398 g/mol. The van der Waals surface area contributed by atoms with E-state index in [2.05, 4.69) is 20.3 Å². The number of likely N-dealkylation sites (tertiary alicyclic amines) is 1. The molecule has 0 saturated carbocycles. The second-order valence-electron chi connectivity index (χ2n) is 7.48. The number of aromatic nitrogens is 3. The van der Waals surface area contributed by atoms with Crippen LogP contribution in [0.5, 0.6) is 11.5 Å². The summed E-state index contributed by atoms with van der Waals surface area (Å²) >= 11 is 0. The number of carbonyl (C=O) groups excluding carboxylic acids is 2. The lowest BCUT2D eigenvalue weighted by molar-refractivity contribution is -0.129. The Morgan fingerprint density at radius 2 is 1.90 bits per heavy atom. The van der Waals surface area contributed by atoms with Gasteiger partial charge < -0.3 is 24.7 Å². The zero-order valence-electron chi connectivity index (χ0n) is 17.8. The quantitative estimate of drug-likeness (QED) is 0.652. The van der Waals surface area contributed by atoms with E-state index >= 15 is 0 Å². The first-order valence-corrected chi connectivity index (χ1v) is 10.1. The highest BCUT2D eigenvalue weighted by Gasteiger charge is 2.24. The van der Waals surface area contributed by atoms with Gasteiger partial charge in [0.25, 0.3) is 5.91 Å². The van der Waals surface area contributed by atoms with Crippen molar-refractivity contribution in [3.05, 3.63) is 36.2 Å². The summed E-state index contributed by atoms with van der Waals surface area (Å²) in [7, 11) is 3.16. The fourth-order valence-corrected chi connectivity index (χ4v) is 3.80. The van der Waals surface area contributed by atoms with E-state index in [1.165, 1.54) is 0 Å². The van der Waals surface area contributed by atoms with Crippen molar-refractivity contribution in [3.8, 4) is 22.8 Å². The Kier molecular flexibility index (Phi) is 5.75. The van der Waals surface area contributed by atoms with Crippen molar-refractivity contribution in [3.63, 3.8) is 0 Å². The van der Waals surface area contributed by atoms with Crippen molar-refractivity contribution < 1.29 is 19.1 Å². The van der Waals surface area contributed by atoms with Crippen molar-refractivity contribution in [2.45, 2.75) is 25.8 Å². The Balaban J connectivity index is 1.56. The number of fused-ring (bicyclic) bond motifs is 1. The zero-order valence-corrected chi connectivity index (χ0v) is 17.8. The van der Waals surface area contributed by atoms with Crippen LogP contribution in [0.4, 0.5) is 0 Å². The summed E-state index contributed by atoms with van der Waals surface area (Å²) in [5.74, 6) is 1.08. The number of methoxy groups -OCH3 is 2. The van der Waals surface area contributed by atoms with Gasteiger partial charge in [-0.25, -0.2) is 9.97 Å².